The highest BCUT2D eigenvalue weighted by Crippen LogP contribution is 2.36. The van der Waals surface area contributed by atoms with E-state index in [2.05, 4.69) is 113 Å². The number of para-hydroxylation sites is 2. The maximum atomic E-state index is 7.00. The Bertz CT molecular complexity index is 1610. The van der Waals surface area contributed by atoms with Gasteiger partial charge in [-0.25, -0.2) is 0 Å². The summed E-state index contributed by atoms with van der Waals surface area (Å²) in [5, 5.41) is 21.0. The lowest BCUT2D eigenvalue weighted by Crippen LogP contribution is -2.22. The molecule has 0 saturated carbocycles. The van der Waals surface area contributed by atoms with E-state index < -0.39 is 0 Å². The first-order chi connectivity index (χ1) is 29.3. The van der Waals surface area contributed by atoms with Crippen LogP contribution in [0.1, 0.15) is 119 Å². The van der Waals surface area contributed by atoms with Gasteiger partial charge in [0.1, 0.15) is 23.0 Å². The summed E-state index contributed by atoms with van der Waals surface area (Å²) < 4.78 is 11.6. The number of hydrogen-bond acceptors (Lipinski definition) is 5. The van der Waals surface area contributed by atoms with Gasteiger partial charge >= 0.3 is 0 Å². The average Bonchev–Trinajstić information content (AvgIpc) is 3.36. The van der Waals surface area contributed by atoms with Crippen molar-refractivity contribution in [3.05, 3.63) is 192 Å². The predicted molar refractivity (Wildman–Crippen MR) is 264 cm³/mol. The monoisotopic (exact) mass is 823 g/mol. The van der Waals surface area contributed by atoms with Crippen LogP contribution >= 0.6 is 0 Å². The second kappa shape index (κ2) is 40.6. The van der Waals surface area contributed by atoms with Crippen molar-refractivity contribution in [2.45, 2.75) is 108 Å². The van der Waals surface area contributed by atoms with Crippen LogP contribution in [0.15, 0.2) is 170 Å². The third kappa shape index (κ3) is 22.8. The maximum absolute atomic E-state index is 7.00. The van der Waals surface area contributed by atoms with E-state index >= 15 is 0 Å². The number of ether oxygens (including phenoxy) is 2. The van der Waals surface area contributed by atoms with Crippen LogP contribution in [0, 0.1) is 0 Å². The van der Waals surface area contributed by atoms with Gasteiger partial charge in [-0.3, -0.25) is 0 Å². The van der Waals surface area contributed by atoms with Crippen LogP contribution < -0.4 is 9.47 Å². The normalized spacial score (nSPS) is 9.00. The molecular weight excluding hydrogens is 741 g/mol. The summed E-state index contributed by atoms with van der Waals surface area (Å²) in [6.07, 6.45) is 0. The van der Waals surface area contributed by atoms with Crippen molar-refractivity contribution in [2.24, 2.45) is 0 Å². The molecule has 0 amide bonds. The van der Waals surface area contributed by atoms with Gasteiger partial charge in [-0.05, 0) is 58.7 Å². The van der Waals surface area contributed by atoms with Crippen LogP contribution in [-0.2, 0) is 10.8 Å². The molecule has 6 rings (SSSR count). The molecule has 0 fully saturated rings. The number of aliphatic hydroxyl groups excluding tert-OH is 3. The zero-order valence-electron chi connectivity index (χ0n) is 40.3. The molecule has 0 spiro atoms. The van der Waals surface area contributed by atoms with Gasteiger partial charge < -0.3 is 24.8 Å². The van der Waals surface area contributed by atoms with Gasteiger partial charge in [0.15, 0.2) is 0 Å². The smallest absolute Gasteiger partial charge is 0.131 e. The Balaban J connectivity index is -0.000000395. The third-order valence-electron chi connectivity index (χ3n) is 8.06. The van der Waals surface area contributed by atoms with Crippen LogP contribution in [0.5, 0.6) is 23.0 Å². The molecule has 0 aromatic heterocycles. The first-order valence-corrected chi connectivity index (χ1v) is 21.4. The van der Waals surface area contributed by atoms with Gasteiger partial charge in [0.2, 0.25) is 0 Å². The second-order valence-electron chi connectivity index (χ2n) is 11.9. The van der Waals surface area contributed by atoms with Crippen molar-refractivity contribution in [1.29, 1.82) is 0 Å². The topological polar surface area (TPSA) is 79.2 Å². The minimum absolute atomic E-state index is 0.00988. The molecule has 3 N–H and O–H groups in total. The lowest BCUT2D eigenvalue weighted by atomic mass is 9.73. The molecule has 0 aliphatic carbocycles. The summed E-state index contributed by atoms with van der Waals surface area (Å²) >= 11 is 0. The molecule has 0 atom stereocenters. The van der Waals surface area contributed by atoms with Crippen LogP contribution in [0.3, 0.4) is 0 Å². The Hall–Kier alpha value is -5.20. The molecular formula is C55H82O5. The van der Waals surface area contributed by atoms with Gasteiger partial charge in [-0.2, -0.15) is 0 Å². The van der Waals surface area contributed by atoms with Gasteiger partial charge in [-0.1, -0.05) is 224 Å². The largest absolute Gasteiger partial charge is 0.457 e. The fourth-order valence-corrected chi connectivity index (χ4v) is 5.19. The Morgan fingerprint density at radius 1 is 0.267 bits per heavy atom. The first kappa shape index (κ1) is 61.5. The van der Waals surface area contributed by atoms with E-state index in [1.54, 1.807) is 0 Å². The van der Waals surface area contributed by atoms with E-state index in [9.17, 15) is 0 Å². The highest BCUT2D eigenvalue weighted by molar-refractivity contribution is 5.44. The molecule has 332 valence electrons. The summed E-state index contributed by atoms with van der Waals surface area (Å²) in [5.41, 5.74) is 5.39. The molecule has 5 nitrogen and oxygen atoms in total. The van der Waals surface area contributed by atoms with Crippen LogP contribution in [0.25, 0.3) is 0 Å². The van der Waals surface area contributed by atoms with Crippen molar-refractivity contribution in [3.8, 4) is 23.0 Å². The van der Waals surface area contributed by atoms with E-state index in [1.165, 1.54) is 22.3 Å². The fourth-order valence-electron chi connectivity index (χ4n) is 5.19. The molecule has 0 radical (unpaired) electrons. The lowest BCUT2D eigenvalue weighted by molar-refractivity contribution is 0.399. The number of aliphatic hydroxyl groups is 3. The van der Waals surface area contributed by atoms with Gasteiger partial charge in [0.05, 0.1) is 0 Å². The minimum Gasteiger partial charge on any atom is -0.457 e. The highest BCUT2D eigenvalue weighted by Gasteiger charge is 2.27. The molecule has 0 aliphatic rings. The van der Waals surface area contributed by atoms with Crippen LogP contribution in [0.2, 0.25) is 0 Å². The quantitative estimate of drug-likeness (QED) is 0.142. The van der Waals surface area contributed by atoms with E-state index in [4.69, 9.17) is 24.8 Å². The Morgan fingerprint density at radius 2 is 0.483 bits per heavy atom. The van der Waals surface area contributed by atoms with Crippen molar-refractivity contribution >= 4 is 0 Å². The molecule has 5 heteroatoms. The Morgan fingerprint density at radius 3 is 0.767 bits per heavy atom. The highest BCUT2D eigenvalue weighted by atomic mass is 16.5. The van der Waals surface area contributed by atoms with Crippen molar-refractivity contribution < 1.29 is 24.8 Å². The van der Waals surface area contributed by atoms with Crippen molar-refractivity contribution in [3.63, 3.8) is 0 Å². The lowest BCUT2D eigenvalue weighted by Gasteiger charge is -2.30. The zero-order chi connectivity index (χ0) is 46.8. The molecule has 0 unspecified atom stereocenters. The molecule has 0 aliphatic heterocycles. The second-order valence-corrected chi connectivity index (χ2v) is 11.9. The Labute approximate surface area is 367 Å². The number of hydrogen-bond donors (Lipinski definition) is 3. The third-order valence-corrected chi connectivity index (χ3v) is 8.06. The van der Waals surface area contributed by atoms with Crippen molar-refractivity contribution in [1.82, 2.24) is 0 Å². The van der Waals surface area contributed by atoms with Crippen LogP contribution in [0.4, 0.5) is 0 Å². The van der Waals surface area contributed by atoms with E-state index in [1.807, 2.05) is 154 Å². The summed E-state index contributed by atoms with van der Waals surface area (Å²) in [7, 11) is 3.00. The molecule has 6 aromatic rings. The molecule has 0 heterocycles. The van der Waals surface area contributed by atoms with E-state index in [0.717, 1.165) is 44.3 Å². The molecule has 60 heavy (non-hydrogen) atoms. The van der Waals surface area contributed by atoms with E-state index in [-0.39, 0.29) is 10.8 Å². The molecule has 6 aromatic carbocycles. The standard InChI is InChI=1S/C24H26.C18H14O2.5C2H6.3CH4O/c1-23(2,19-12-7-5-8-13-19)21-16-11-17-22(18-21)24(3,4)20-14-9-6-10-15-20;1-3-8-15(9-4-1)19-17-12-7-13-18(14-17)20-16-10-5-2-6-11-16;8*1-2/h5-18H,1-4H3;1-14H;5*1-2H3;3*2H,1H3. The average molecular weight is 823 g/mol. The number of rotatable bonds is 8. The predicted octanol–water partition coefficient (Wildman–Crippen LogP) is 15.6. The number of benzene rings is 6. The summed E-state index contributed by atoms with van der Waals surface area (Å²) in [6.45, 7) is 29.2. The van der Waals surface area contributed by atoms with Crippen molar-refractivity contribution in [2.75, 3.05) is 21.3 Å². The fraction of sp³-hybridized carbons (Fsp3) is 0.345. The summed E-state index contributed by atoms with van der Waals surface area (Å²) in [6, 6.07) is 57.6. The Kier molecular flexibility index (Phi) is 41.6. The van der Waals surface area contributed by atoms with Gasteiger partial charge in [0, 0.05) is 38.2 Å². The zero-order valence-corrected chi connectivity index (χ0v) is 40.3. The maximum Gasteiger partial charge on any atom is 0.131 e. The molecule has 0 bridgehead atoms. The first-order valence-electron chi connectivity index (χ1n) is 21.4. The van der Waals surface area contributed by atoms with Gasteiger partial charge in [0.25, 0.3) is 0 Å². The van der Waals surface area contributed by atoms with E-state index in [0.29, 0.717) is 0 Å². The molecule has 0 saturated heterocycles. The van der Waals surface area contributed by atoms with Crippen LogP contribution in [-0.4, -0.2) is 36.6 Å². The minimum atomic E-state index is -0.00988. The van der Waals surface area contributed by atoms with Gasteiger partial charge in [-0.15, -0.1) is 0 Å². The summed E-state index contributed by atoms with van der Waals surface area (Å²) in [5.74, 6) is 3.13. The SMILES string of the molecule is CC.CC.CC.CC.CC.CC(C)(c1ccccc1)c1cccc(C(C)(C)c2ccccc2)c1.CO.CO.CO.c1ccc(Oc2cccc(Oc3ccccc3)c2)cc1. The summed E-state index contributed by atoms with van der Waals surface area (Å²) in [4.78, 5) is 0.